The molecule has 1 aromatic heterocycles. The number of aromatic amines is 1. The van der Waals surface area contributed by atoms with Crippen molar-refractivity contribution in [3.05, 3.63) is 87.8 Å². The first kappa shape index (κ1) is 16.1. The third kappa shape index (κ3) is 2.77. The summed E-state index contributed by atoms with van der Waals surface area (Å²) in [5.41, 5.74) is 5.19. The first-order valence-electron chi connectivity index (χ1n) is 8.45. The normalized spacial score (nSPS) is 12.3. The summed E-state index contributed by atoms with van der Waals surface area (Å²) >= 11 is 0. The van der Waals surface area contributed by atoms with Crippen LogP contribution in [0.15, 0.2) is 65.6 Å². The monoisotopic (exact) mass is 346 g/mol. The van der Waals surface area contributed by atoms with Crippen LogP contribution < -0.4 is 10.9 Å². The zero-order valence-electron chi connectivity index (χ0n) is 14.3. The topological polar surface area (TPSA) is 71.2 Å². The van der Waals surface area contributed by atoms with Crippen LogP contribution in [0.5, 0.6) is 0 Å². The van der Waals surface area contributed by atoms with Gasteiger partial charge in [-0.25, -0.2) is 4.79 Å². The van der Waals surface area contributed by atoms with Crippen molar-refractivity contribution in [2.75, 3.05) is 11.9 Å². The Kier molecular flexibility index (Phi) is 4.05. The fraction of sp³-hybridized carbons (Fsp3) is 0.143. The molecule has 130 valence electrons. The summed E-state index contributed by atoms with van der Waals surface area (Å²) < 4.78 is 5.45. The lowest BCUT2D eigenvalue weighted by Gasteiger charge is -2.14. The van der Waals surface area contributed by atoms with Gasteiger partial charge in [-0.05, 0) is 40.8 Å². The Labute approximate surface area is 150 Å². The molecule has 0 saturated heterocycles. The summed E-state index contributed by atoms with van der Waals surface area (Å²) in [5, 5.41) is 2.55. The Morgan fingerprint density at radius 1 is 1.04 bits per heavy atom. The molecular formula is C21H18N2O3. The number of aromatic nitrogens is 1. The number of carbonyl (C=O) groups excluding carboxylic acids is 1. The number of anilines is 1. The molecule has 1 aliphatic carbocycles. The van der Waals surface area contributed by atoms with Crippen molar-refractivity contribution in [3.8, 4) is 11.1 Å². The third-order valence-corrected chi connectivity index (χ3v) is 4.74. The summed E-state index contributed by atoms with van der Waals surface area (Å²) in [6.45, 7) is 1.97. The zero-order chi connectivity index (χ0) is 18.1. The Bertz CT molecular complexity index is 994. The minimum Gasteiger partial charge on any atom is -0.448 e. The lowest BCUT2D eigenvalue weighted by Crippen LogP contribution is -2.23. The van der Waals surface area contributed by atoms with Gasteiger partial charge in [0.25, 0.3) is 5.56 Å². The van der Waals surface area contributed by atoms with Crippen LogP contribution in [0.3, 0.4) is 0 Å². The molecule has 0 aliphatic heterocycles. The summed E-state index contributed by atoms with van der Waals surface area (Å²) in [5.74, 6) is -0.0108. The van der Waals surface area contributed by atoms with Crippen LogP contribution in [0.1, 0.15) is 22.6 Å². The zero-order valence-corrected chi connectivity index (χ0v) is 14.3. The molecule has 2 N–H and O–H groups in total. The number of hydrogen-bond donors (Lipinski definition) is 2. The third-order valence-electron chi connectivity index (χ3n) is 4.74. The Morgan fingerprint density at radius 3 is 2.27 bits per heavy atom. The highest BCUT2D eigenvalue weighted by Gasteiger charge is 2.29. The van der Waals surface area contributed by atoms with Crippen molar-refractivity contribution >= 4 is 11.8 Å². The van der Waals surface area contributed by atoms with E-state index in [0.717, 1.165) is 11.1 Å². The molecule has 3 aromatic rings. The standard InChI is InChI=1S/C21H18N2O3/c1-13-10-11-22-20(24)19(13)23-21(25)26-12-18-16-8-4-2-6-14(16)15-7-3-5-9-17(15)18/h2-11,18H,12H2,1H3,(H,22,24)(H,23,25). The van der Waals surface area contributed by atoms with Gasteiger partial charge in [-0.1, -0.05) is 48.5 Å². The van der Waals surface area contributed by atoms with Crippen LogP contribution in [0, 0.1) is 6.92 Å². The van der Waals surface area contributed by atoms with Crippen LogP contribution >= 0.6 is 0 Å². The van der Waals surface area contributed by atoms with Crippen molar-refractivity contribution in [3.63, 3.8) is 0 Å². The van der Waals surface area contributed by atoms with E-state index in [9.17, 15) is 9.59 Å². The van der Waals surface area contributed by atoms with E-state index in [1.807, 2.05) is 24.3 Å². The summed E-state index contributed by atoms with van der Waals surface area (Å²) in [7, 11) is 0. The highest BCUT2D eigenvalue weighted by Crippen LogP contribution is 2.44. The lowest BCUT2D eigenvalue weighted by molar-refractivity contribution is 0.158. The van der Waals surface area contributed by atoms with E-state index in [-0.39, 0.29) is 23.8 Å². The highest BCUT2D eigenvalue weighted by molar-refractivity contribution is 5.85. The van der Waals surface area contributed by atoms with Crippen LogP contribution in [0.2, 0.25) is 0 Å². The van der Waals surface area contributed by atoms with Crippen molar-refractivity contribution in [2.45, 2.75) is 12.8 Å². The van der Waals surface area contributed by atoms with Crippen LogP contribution in [0.25, 0.3) is 11.1 Å². The molecule has 0 fully saturated rings. The molecule has 1 amide bonds. The highest BCUT2D eigenvalue weighted by atomic mass is 16.5. The lowest BCUT2D eigenvalue weighted by atomic mass is 9.98. The van der Waals surface area contributed by atoms with E-state index in [1.165, 1.54) is 11.1 Å². The number of amides is 1. The number of rotatable bonds is 3. The molecule has 5 nitrogen and oxygen atoms in total. The SMILES string of the molecule is Cc1cc[nH]c(=O)c1NC(=O)OCC1c2ccccc2-c2ccccc21. The van der Waals surface area contributed by atoms with Crippen molar-refractivity contribution in [2.24, 2.45) is 0 Å². The fourth-order valence-corrected chi connectivity index (χ4v) is 3.47. The van der Waals surface area contributed by atoms with Gasteiger partial charge in [0, 0.05) is 12.1 Å². The van der Waals surface area contributed by atoms with E-state index in [4.69, 9.17) is 4.74 Å². The Morgan fingerprint density at radius 2 is 1.65 bits per heavy atom. The largest absolute Gasteiger partial charge is 0.448 e. The summed E-state index contributed by atoms with van der Waals surface area (Å²) in [4.78, 5) is 26.6. The second-order valence-electron chi connectivity index (χ2n) is 6.32. The van der Waals surface area contributed by atoms with Crippen molar-refractivity contribution in [1.82, 2.24) is 4.98 Å². The number of fused-ring (bicyclic) bond motifs is 3. The molecule has 1 aliphatic rings. The number of aryl methyl sites for hydroxylation is 1. The van der Waals surface area contributed by atoms with Gasteiger partial charge >= 0.3 is 6.09 Å². The number of carbonyl (C=O) groups is 1. The first-order chi connectivity index (χ1) is 12.6. The second-order valence-corrected chi connectivity index (χ2v) is 6.32. The molecule has 1 heterocycles. The van der Waals surface area contributed by atoms with E-state index in [2.05, 4.69) is 34.6 Å². The molecule has 0 saturated carbocycles. The van der Waals surface area contributed by atoms with E-state index >= 15 is 0 Å². The summed E-state index contributed by atoms with van der Waals surface area (Å²) in [6.07, 6.45) is 0.910. The van der Waals surface area contributed by atoms with Gasteiger partial charge in [-0.15, -0.1) is 0 Å². The number of ether oxygens (including phenoxy) is 1. The average molecular weight is 346 g/mol. The van der Waals surface area contributed by atoms with Gasteiger partial charge < -0.3 is 9.72 Å². The molecular weight excluding hydrogens is 328 g/mol. The minimum absolute atomic E-state index is 0.0108. The molecule has 4 rings (SSSR count). The van der Waals surface area contributed by atoms with Gasteiger partial charge in [-0.3, -0.25) is 10.1 Å². The molecule has 0 radical (unpaired) electrons. The number of benzene rings is 2. The number of hydrogen-bond acceptors (Lipinski definition) is 3. The quantitative estimate of drug-likeness (QED) is 0.752. The maximum Gasteiger partial charge on any atom is 0.411 e. The Balaban J connectivity index is 1.53. The smallest absolute Gasteiger partial charge is 0.411 e. The first-order valence-corrected chi connectivity index (χ1v) is 8.45. The molecule has 0 atom stereocenters. The van der Waals surface area contributed by atoms with Gasteiger partial charge in [0.05, 0.1) is 0 Å². The number of nitrogens with one attached hydrogen (secondary N) is 2. The molecule has 26 heavy (non-hydrogen) atoms. The predicted molar refractivity (Wildman–Crippen MR) is 100 cm³/mol. The number of H-pyrrole nitrogens is 1. The van der Waals surface area contributed by atoms with Crippen LogP contribution in [0.4, 0.5) is 10.5 Å². The van der Waals surface area contributed by atoms with Gasteiger partial charge in [0.2, 0.25) is 0 Å². The van der Waals surface area contributed by atoms with E-state index in [1.54, 1.807) is 19.2 Å². The van der Waals surface area contributed by atoms with Gasteiger partial charge in [0.15, 0.2) is 0 Å². The maximum atomic E-state index is 12.2. The average Bonchev–Trinajstić information content (AvgIpc) is 2.97. The molecule has 5 heteroatoms. The molecule has 0 unspecified atom stereocenters. The van der Waals surface area contributed by atoms with Crippen LogP contribution in [-0.2, 0) is 4.74 Å². The number of pyridine rings is 1. The van der Waals surface area contributed by atoms with Crippen molar-refractivity contribution < 1.29 is 9.53 Å². The fourth-order valence-electron chi connectivity index (χ4n) is 3.47. The molecule has 2 aromatic carbocycles. The van der Waals surface area contributed by atoms with Crippen molar-refractivity contribution in [1.29, 1.82) is 0 Å². The molecule has 0 bridgehead atoms. The molecule has 0 spiro atoms. The van der Waals surface area contributed by atoms with Gasteiger partial charge in [0.1, 0.15) is 12.3 Å². The van der Waals surface area contributed by atoms with Gasteiger partial charge in [-0.2, -0.15) is 0 Å². The van der Waals surface area contributed by atoms with E-state index in [0.29, 0.717) is 5.56 Å². The second kappa shape index (κ2) is 6.52. The van der Waals surface area contributed by atoms with Crippen LogP contribution in [-0.4, -0.2) is 17.7 Å². The van der Waals surface area contributed by atoms with E-state index < -0.39 is 6.09 Å². The predicted octanol–water partition coefficient (Wildman–Crippen LogP) is 4.04. The maximum absolute atomic E-state index is 12.2. The Hall–Kier alpha value is -3.34. The summed E-state index contributed by atoms with van der Waals surface area (Å²) in [6, 6.07) is 18.0. The minimum atomic E-state index is -0.633.